The molecule has 0 bridgehead atoms. The Hall–Kier alpha value is -4.18. The van der Waals surface area contributed by atoms with Crippen molar-refractivity contribution in [2.45, 2.75) is 17.3 Å². The third kappa shape index (κ3) is 5.01. The molecule has 0 aliphatic carbocycles. The third-order valence-electron chi connectivity index (χ3n) is 4.77. The Morgan fingerprint density at radius 1 is 1.03 bits per heavy atom. The van der Waals surface area contributed by atoms with Crippen LogP contribution in [-0.2, 0) is 4.79 Å². The number of nitro benzene ring substituents is 1. The zero-order chi connectivity index (χ0) is 23.4. The molecule has 1 aromatic heterocycles. The van der Waals surface area contributed by atoms with E-state index in [9.17, 15) is 20.0 Å². The van der Waals surface area contributed by atoms with Gasteiger partial charge in [0.15, 0.2) is 11.0 Å². The largest absolute Gasteiger partial charge is 0.508 e. The van der Waals surface area contributed by atoms with E-state index in [1.807, 2.05) is 34.9 Å². The molecule has 0 radical (unpaired) electrons. The van der Waals surface area contributed by atoms with Crippen molar-refractivity contribution in [3.8, 4) is 22.8 Å². The summed E-state index contributed by atoms with van der Waals surface area (Å²) in [4.78, 5) is 23.1. The van der Waals surface area contributed by atoms with Crippen LogP contribution in [0, 0.1) is 10.1 Å². The van der Waals surface area contributed by atoms with Gasteiger partial charge in [-0.05, 0) is 55.5 Å². The van der Waals surface area contributed by atoms with Gasteiger partial charge in [0.05, 0.1) is 10.2 Å². The molecule has 1 heterocycles. The summed E-state index contributed by atoms with van der Waals surface area (Å²) in [5, 5.41) is 31.8. The first-order valence-electron chi connectivity index (χ1n) is 9.94. The van der Waals surface area contributed by atoms with Gasteiger partial charge in [0.2, 0.25) is 5.91 Å². The average molecular weight is 462 g/mol. The number of benzene rings is 3. The van der Waals surface area contributed by atoms with Crippen LogP contribution < -0.4 is 5.32 Å². The average Bonchev–Trinajstić information content (AvgIpc) is 3.23. The highest BCUT2D eigenvalue weighted by Crippen LogP contribution is 2.31. The van der Waals surface area contributed by atoms with E-state index in [-0.39, 0.29) is 17.3 Å². The lowest BCUT2D eigenvalue weighted by Crippen LogP contribution is -2.22. The van der Waals surface area contributed by atoms with Gasteiger partial charge in [0.25, 0.3) is 5.69 Å². The van der Waals surface area contributed by atoms with Crippen molar-refractivity contribution >= 4 is 29.0 Å². The number of non-ortho nitro benzene ring substituents is 1. The van der Waals surface area contributed by atoms with E-state index in [4.69, 9.17) is 0 Å². The molecule has 3 aromatic carbocycles. The monoisotopic (exact) mass is 461 g/mol. The number of anilines is 1. The number of hydrogen-bond donors (Lipinski definition) is 2. The minimum atomic E-state index is -0.528. The number of nitro groups is 1. The Balaban J connectivity index is 1.58. The Morgan fingerprint density at radius 3 is 2.33 bits per heavy atom. The first-order valence-corrected chi connectivity index (χ1v) is 10.8. The summed E-state index contributed by atoms with van der Waals surface area (Å²) in [5.74, 6) is 0.449. The second-order valence-corrected chi connectivity index (χ2v) is 8.39. The van der Waals surface area contributed by atoms with Crippen LogP contribution in [0.5, 0.6) is 5.75 Å². The highest BCUT2D eigenvalue weighted by molar-refractivity contribution is 8.00. The van der Waals surface area contributed by atoms with Crippen LogP contribution in [0.25, 0.3) is 17.1 Å². The summed E-state index contributed by atoms with van der Waals surface area (Å²) in [6.45, 7) is 1.75. The van der Waals surface area contributed by atoms with Gasteiger partial charge in [-0.2, -0.15) is 0 Å². The maximum Gasteiger partial charge on any atom is 0.269 e. The van der Waals surface area contributed by atoms with Crippen molar-refractivity contribution in [1.29, 1.82) is 0 Å². The summed E-state index contributed by atoms with van der Waals surface area (Å²) >= 11 is 1.24. The standard InChI is InChI=1S/C23H19N5O4S/c1-15(22(30)24-17-9-11-19(12-10-17)28(31)32)33-23-26-25-21(16-7-13-20(29)14-8-16)27(23)18-5-3-2-4-6-18/h2-15,29H,1H3,(H,24,30). The maximum atomic E-state index is 12.7. The van der Waals surface area contributed by atoms with Crippen molar-refractivity contribution in [3.05, 3.63) is 89.0 Å². The predicted molar refractivity (Wildman–Crippen MR) is 126 cm³/mol. The first-order chi connectivity index (χ1) is 15.9. The summed E-state index contributed by atoms with van der Waals surface area (Å²) in [6.07, 6.45) is 0. The molecule has 0 spiro atoms. The molecule has 0 fully saturated rings. The molecule has 0 aliphatic rings. The summed E-state index contributed by atoms with van der Waals surface area (Å²) in [6, 6.07) is 21.8. The molecule has 1 atom stereocenters. The van der Waals surface area contributed by atoms with E-state index in [2.05, 4.69) is 15.5 Å². The molecule has 4 rings (SSSR count). The van der Waals surface area contributed by atoms with Crippen LogP contribution in [-0.4, -0.2) is 36.0 Å². The number of amides is 1. The molecule has 10 heteroatoms. The van der Waals surface area contributed by atoms with Gasteiger partial charge in [-0.25, -0.2) is 0 Å². The lowest BCUT2D eigenvalue weighted by molar-refractivity contribution is -0.384. The molecule has 1 amide bonds. The topological polar surface area (TPSA) is 123 Å². The number of aromatic nitrogens is 3. The molecule has 0 aliphatic heterocycles. The SMILES string of the molecule is CC(Sc1nnc(-c2ccc(O)cc2)n1-c1ccccc1)C(=O)Nc1ccc([N+](=O)[O-])cc1. The van der Waals surface area contributed by atoms with Gasteiger partial charge in [-0.15, -0.1) is 10.2 Å². The number of nitrogens with one attached hydrogen (secondary N) is 1. The van der Waals surface area contributed by atoms with Gasteiger partial charge in [-0.3, -0.25) is 19.5 Å². The Morgan fingerprint density at radius 2 is 1.70 bits per heavy atom. The van der Waals surface area contributed by atoms with Crippen LogP contribution in [0.15, 0.2) is 84.0 Å². The third-order valence-corrected chi connectivity index (χ3v) is 5.81. The number of thioether (sulfide) groups is 1. The van der Waals surface area contributed by atoms with Gasteiger partial charge in [-0.1, -0.05) is 30.0 Å². The number of para-hydroxylation sites is 1. The number of nitrogens with zero attached hydrogens (tertiary/aromatic N) is 4. The van der Waals surface area contributed by atoms with E-state index < -0.39 is 10.2 Å². The zero-order valence-corrected chi connectivity index (χ0v) is 18.3. The Kier molecular flexibility index (Phi) is 6.36. The molecular formula is C23H19N5O4S. The summed E-state index contributed by atoms with van der Waals surface area (Å²) < 4.78 is 1.85. The molecule has 0 saturated carbocycles. The molecule has 4 aromatic rings. The van der Waals surface area contributed by atoms with Gasteiger partial charge in [0.1, 0.15) is 5.75 Å². The highest BCUT2D eigenvalue weighted by atomic mass is 32.2. The lowest BCUT2D eigenvalue weighted by Gasteiger charge is -2.14. The molecule has 1 unspecified atom stereocenters. The number of hydrogen-bond acceptors (Lipinski definition) is 7. The van der Waals surface area contributed by atoms with Gasteiger partial charge >= 0.3 is 0 Å². The smallest absolute Gasteiger partial charge is 0.269 e. The van der Waals surface area contributed by atoms with Crippen molar-refractivity contribution < 1.29 is 14.8 Å². The molecular weight excluding hydrogens is 442 g/mol. The normalized spacial score (nSPS) is 11.7. The second kappa shape index (κ2) is 9.53. The van der Waals surface area contributed by atoms with Crippen LogP contribution in [0.3, 0.4) is 0 Å². The fourth-order valence-corrected chi connectivity index (χ4v) is 3.94. The zero-order valence-electron chi connectivity index (χ0n) is 17.5. The van der Waals surface area contributed by atoms with E-state index >= 15 is 0 Å². The fraction of sp³-hybridized carbons (Fsp3) is 0.0870. The Labute approximate surface area is 193 Å². The maximum absolute atomic E-state index is 12.7. The summed E-state index contributed by atoms with van der Waals surface area (Å²) in [7, 11) is 0. The number of carbonyl (C=O) groups is 1. The Bertz CT molecular complexity index is 1270. The van der Waals surface area contributed by atoms with Gasteiger partial charge < -0.3 is 10.4 Å². The van der Waals surface area contributed by atoms with Crippen molar-refractivity contribution in [2.24, 2.45) is 0 Å². The minimum Gasteiger partial charge on any atom is -0.508 e. The molecule has 166 valence electrons. The molecule has 33 heavy (non-hydrogen) atoms. The molecule has 9 nitrogen and oxygen atoms in total. The number of phenols is 1. The quantitative estimate of drug-likeness (QED) is 0.233. The predicted octanol–water partition coefficient (Wildman–Crippen LogP) is 4.67. The van der Waals surface area contributed by atoms with E-state index in [1.165, 1.54) is 36.0 Å². The number of phenolic OH excluding ortho intramolecular Hbond substituents is 1. The van der Waals surface area contributed by atoms with E-state index in [0.29, 0.717) is 16.7 Å². The van der Waals surface area contributed by atoms with Crippen molar-refractivity contribution in [3.63, 3.8) is 0 Å². The molecule has 2 N–H and O–H groups in total. The van der Waals surface area contributed by atoms with E-state index in [1.54, 1.807) is 31.2 Å². The summed E-state index contributed by atoms with van der Waals surface area (Å²) in [5.41, 5.74) is 2.01. The number of rotatable bonds is 7. The number of carbonyl (C=O) groups excluding carboxylic acids is 1. The van der Waals surface area contributed by atoms with Crippen molar-refractivity contribution in [1.82, 2.24) is 14.8 Å². The second-order valence-electron chi connectivity index (χ2n) is 7.08. The highest BCUT2D eigenvalue weighted by Gasteiger charge is 2.22. The fourth-order valence-electron chi connectivity index (χ4n) is 3.08. The minimum absolute atomic E-state index is 0.0480. The van der Waals surface area contributed by atoms with Crippen LogP contribution in [0.1, 0.15) is 6.92 Å². The van der Waals surface area contributed by atoms with Crippen molar-refractivity contribution in [2.75, 3.05) is 5.32 Å². The number of aromatic hydroxyl groups is 1. The van der Waals surface area contributed by atoms with Crippen LogP contribution in [0.4, 0.5) is 11.4 Å². The van der Waals surface area contributed by atoms with Crippen LogP contribution in [0.2, 0.25) is 0 Å². The molecule has 0 saturated heterocycles. The van der Waals surface area contributed by atoms with E-state index in [0.717, 1.165) is 11.3 Å². The van der Waals surface area contributed by atoms with Gasteiger partial charge in [0, 0.05) is 29.1 Å². The van der Waals surface area contributed by atoms with Crippen LogP contribution >= 0.6 is 11.8 Å². The lowest BCUT2D eigenvalue weighted by atomic mass is 10.2. The first kappa shape index (κ1) is 22.0.